The number of aromatic nitrogens is 2. The number of rotatable bonds is 7. The summed E-state index contributed by atoms with van der Waals surface area (Å²) in [5.74, 6) is 1.62. The molecule has 0 amide bonds. The molecule has 0 fully saturated rings. The summed E-state index contributed by atoms with van der Waals surface area (Å²) in [6, 6.07) is 3.08. The van der Waals surface area contributed by atoms with Crippen LogP contribution in [0.1, 0.15) is 12.1 Å². The van der Waals surface area contributed by atoms with E-state index in [1.165, 1.54) is 7.11 Å². The Morgan fingerprint density at radius 2 is 2.22 bits per heavy atom. The highest BCUT2D eigenvalue weighted by Gasteiger charge is 2.12. The van der Waals surface area contributed by atoms with Crippen molar-refractivity contribution in [3.8, 4) is 5.88 Å². The van der Waals surface area contributed by atoms with Gasteiger partial charge in [0.2, 0.25) is 5.88 Å². The fourth-order valence-corrected chi connectivity index (χ4v) is 2.12. The lowest BCUT2D eigenvalue weighted by Crippen LogP contribution is -2.31. The highest BCUT2D eigenvalue weighted by molar-refractivity contribution is 7.98. The highest BCUT2D eigenvalue weighted by atomic mass is 32.2. The summed E-state index contributed by atoms with van der Waals surface area (Å²) in [7, 11) is 2.88. The van der Waals surface area contributed by atoms with Crippen LogP contribution in [0.5, 0.6) is 5.88 Å². The maximum absolute atomic E-state index is 11.1. The van der Waals surface area contributed by atoms with Crippen molar-refractivity contribution in [3.63, 3.8) is 0 Å². The van der Waals surface area contributed by atoms with E-state index >= 15 is 0 Å². The predicted molar refractivity (Wildman–Crippen MR) is 69.4 cm³/mol. The van der Waals surface area contributed by atoms with Gasteiger partial charge in [0.05, 0.1) is 19.9 Å². The average molecular weight is 271 g/mol. The minimum atomic E-state index is -0.551. The largest absolute Gasteiger partial charge is 0.480 e. The van der Waals surface area contributed by atoms with Crippen LogP contribution < -0.4 is 10.5 Å². The first-order chi connectivity index (χ1) is 8.67. The number of ether oxygens (including phenoxy) is 2. The summed E-state index contributed by atoms with van der Waals surface area (Å²) >= 11 is 1.64. The first-order valence-electron chi connectivity index (χ1n) is 5.45. The Bertz CT molecular complexity index is 372. The van der Waals surface area contributed by atoms with E-state index in [-0.39, 0.29) is 5.97 Å². The van der Waals surface area contributed by atoms with Gasteiger partial charge in [-0.2, -0.15) is 16.9 Å². The fourth-order valence-electron chi connectivity index (χ4n) is 1.19. The number of esters is 1. The first-order valence-corrected chi connectivity index (χ1v) is 6.60. The lowest BCUT2D eigenvalue weighted by atomic mass is 10.2. The van der Waals surface area contributed by atoms with Crippen LogP contribution in [0, 0.1) is 0 Å². The van der Waals surface area contributed by atoms with Gasteiger partial charge < -0.3 is 15.2 Å². The molecule has 1 rings (SSSR count). The van der Waals surface area contributed by atoms with Crippen LogP contribution in [0.4, 0.5) is 0 Å². The smallest absolute Gasteiger partial charge is 0.322 e. The number of nitrogens with zero attached hydrogens (tertiary/aromatic N) is 2. The molecule has 0 saturated carbocycles. The van der Waals surface area contributed by atoms with E-state index < -0.39 is 6.04 Å². The van der Waals surface area contributed by atoms with Crippen LogP contribution in [-0.2, 0) is 15.3 Å². The molecule has 18 heavy (non-hydrogen) atoms. The molecule has 1 heterocycles. The standard InChI is InChI=1S/C11H17N3O3S/c1-16-10-4-3-8(13-14-10)7-18-6-5-9(12)11(15)17-2/h3-4,9H,5-7,12H2,1-2H3. The van der Waals surface area contributed by atoms with Gasteiger partial charge in [0, 0.05) is 11.8 Å². The van der Waals surface area contributed by atoms with Gasteiger partial charge in [-0.25, -0.2) is 0 Å². The van der Waals surface area contributed by atoms with Crippen LogP contribution in [0.2, 0.25) is 0 Å². The molecular weight excluding hydrogens is 254 g/mol. The Hall–Kier alpha value is -1.34. The molecule has 0 bridgehead atoms. The third-order valence-corrected chi connectivity index (χ3v) is 3.26. The van der Waals surface area contributed by atoms with Gasteiger partial charge in [0.1, 0.15) is 6.04 Å². The number of carbonyl (C=O) groups excluding carboxylic acids is 1. The third kappa shape index (κ3) is 4.89. The van der Waals surface area contributed by atoms with Crippen molar-refractivity contribution < 1.29 is 14.3 Å². The van der Waals surface area contributed by atoms with Gasteiger partial charge in [-0.3, -0.25) is 4.79 Å². The Morgan fingerprint density at radius 3 is 2.78 bits per heavy atom. The molecule has 0 radical (unpaired) electrons. The summed E-state index contributed by atoms with van der Waals surface area (Å²) in [5, 5.41) is 7.87. The molecular formula is C11H17N3O3S. The number of hydrogen-bond donors (Lipinski definition) is 1. The van der Waals surface area contributed by atoms with Gasteiger partial charge in [0.15, 0.2) is 0 Å². The molecule has 6 nitrogen and oxygen atoms in total. The molecule has 100 valence electrons. The van der Waals surface area contributed by atoms with Crippen molar-refractivity contribution >= 4 is 17.7 Å². The first kappa shape index (κ1) is 14.7. The van der Waals surface area contributed by atoms with E-state index in [2.05, 4.69) is 14.9 Å². The topological polar surface area (TPSA) is 87.3 Å². The SMILES string of the molecule is COC(=O)C(N)CCSCc1ccc(OC)nn1. The number of hydrogen-bond acceptors (Lipinski definition) is 7. The zero-order valence-electron chi connectivity index (χ0n) is 10.5. The van der Waals surface area contributed by atoms with E-state index in [0.717, 1.165) is 17.2 Å². The third-order valence-electron chi connectivity index (χ3n) is 2.23. The van der Waals surface area contributed by atoms with Crippen molar-refractivity contribution in [1.82, 2.24) is 10.2 Å². The van der Waals surface area contributed by atoms with Gasteiger partial charge in [0.25, 0.3) is 0 Å². The van der Waals surface area contributed by atoms with Gasteiger partial charge in [-0.05, 0) is 18.2 Å². The average Bonchev–Trinajstić information content (AvgIpc) is 2.43. The fraction of sp³-hybridized carbons (Fsp3) is 0.545. The summed E-state index contributed by atoms with van der Waals surface area (Å²) in [5.41, 5.74) is 6.48. The molecule has 1 atom stereocenters. The molecule has 7 heteroatoms. The Kier molecular flexibility index (Phi) is 6.45. The van der Waals surface area contributed by atoms with E-state index in [4.69, 9.17) is 10.5 Å². The van der Waals surface area contributed by atoms with E-state index in [1.54, 1.807) is 24.9 Å². The lowest BCUT2D eigenvalue weighted by Gasteiger charge is -2.08. The maximum atomic E-state index is 11.1. The van der Waals surface area contributed by atoms with Crippen molar-refractivity contribution in [1.29, 1.82) is 0 Å². The van der Waals surface area contributed by atoms with Crippen molar-refractivity contribution in [2.45, 2.75) is 18.2 Å². The van der Waals surface area contributed by atoms with Gasteiger partial charge in [-0.15, -0.1) is 5.10 Å². The number of carbonyl (C=O) groups is 1. The molecule has 2 N–H and O–H groups in total. The van der Waals surface area contributed by atoms with Crippen LogP contribution in [0.15, 0.2) is 12.1 Å². The van der Waals surface area contributed by atoms with Crippen molar-refractivity contribution in [3.05, 3.63) is 17.8 Å². The van der Waals surface area contributed by atoms with E-state index in [0.29, 0.717) is 12.3 Å². The van der Waals surface area contributed by atoms with Crippen LogP contribution >= 0.6 is 11.8 Å². The minimum Gasteiger partial charge on any atom is -0.480 e. The van der Waals surface area contributed by atoms with Crippen molar-refractivity contribution in [2.24, 2.45) is 5.73 Å². The predicted octanol–water partition coefficient (Wildman–Crippen LogP) is 0.609. The zero-order chi connectivity index (χ0) is 13.4. The maximum Gasteiger partial charge on any atom is 0.322 e. The highest BCUT2D eigenvalue weighted by Crippen LogP contribution is 2.13. The second-order valence-electron chi connectivity index (χ2n) is 3.54. The van der Waals surface area contributed by atoms with Crippen LogP contribution in [-0.4, -0.2) is 42.2 Å². The molecule has 1 aromatic rings. The normalized spacial score (nSPS) is 11.9. The van der Waals surface area contributed by atoms with E-state index in [1.807, 2.05) is 6.07 Å². The molecule has 1 unspecified atom stereocenters. The summed E-state index contributed by atoms with van der Waals surface area (Å²) in [4.78, 5) is 11.1. The monoisotopic (exact) mass is 271 g/mol. The zero-order valence-corrected chi connectivity index (χ0v) is 11.3. The van der Waals surface area contributed by atoms with E-state index in [9.17, 15) is 4.79 Å². The Labute approximate surface area is 110 Å². The van der Waals surface area contributed by atoms with Crippen LogP contribution in [0.25, 0.3) is 0 Å². The Balaban J connectivity index is 2.23. The summed E-state index contributed by atoms with van der Waals surface area (Å²) < 4.78 is 9.46. The quantitative estimate of drug-likeness (QED) is 0.574. The second-order valence-corrected chi connectivity index (χ2v) is 4.64. The number of nitrogens with two attached hydrogens (primary N) is 1. The number of methoxy groups -OCH3 is 2. The molecule has 1 aromatic heterocycles. The molecule has 0 aromatic carbocycles. The molecule has 0 aliphatic rings. The van der Waals surface area contributed by atoms with Crippen molar-refractivity contribution in [2.75, 3.05) is 20.0 Å². The minimum absolute atomic E-state index is 0.375. The van der Waals surface area contributed by atoms with Gasteiger partial charge in [-0.1, -0.05) is 0 Å². The van der Waals surface area contributed by atoms with Gasteiger partial charge >= 0.3 is 5.97 Å². The number of thioether (sulfide) groups is 1. The molecule has 0 aliphatic heterocycles. The summed E-state index contributed by atoms with van der Waals surface area (Å²) in [6.07, 6.45) is 0.584. The lowest BCUT2D eigenvalue weighted by molar-refractivity contribution is -0.142. The molecule has 0 saturated heterocycles. The van der Waals surface area contributed by atoms with Crippen LogP contribution in [0.3, 0.4) is 0 Å². The summed E-state index contributed by atoms with van der Waals surface area (Å²) in [6.45, 7) is 0. The Morgan fingerprint density at radius 1 is 1.44 bits per heavy atom. The molecule has 0 spiro atoms. The molecule has 0 aliphatic carbocycles. The second kappa shape index (κ2) is 7.88.